The minimum atomic E-state index is 0.229. The fourth-order valence-corrected chi connectivity index (χ4v) is 4.02. The van der Waals surface area contributed by atoms with Crippen LogP contribution in [0.25, 0.3) is 12.2 Å². The Labute approximate surface area is 220 Å². The lowest BCUT2D eigenvalue weighted by Gasteiger charge is -2.20. The minimum absolute atomic E-state index is 0.229. The average Bonchev–Trinajstić information content (AvgIpc) is 2.88. The molecule has 0 aliphatic heterocycles. The number of aryl methyl sites for hydroxylation is 2. The van der Waals surface area contributed by atoms with E-state index < -0.39 is 0 Å². The third kappa shape index (κ3) is 8.80. The molecule has 2 rings (SSSR count). The van der Waals surface area contributed by atoms with Crippen LogP contribution < -0.4 is 18.9 Å². The van der Waals surface area contributed by atoms with Gasteiger partial charge in [0, 0.05) is 11.1 Å². The maximum atomic E-state index is 6.43. The lowest BCUT2D eigenvalue weighted by molar-refractivity contribution is 0.182. The summed E-state index contributed by atoms with van der Waals surface area (Å²) in [7, 11) is 1.72. The van der Waals surface area contributed by atoms with Crippen LogP contribution in [0.1, 0.15) is 101 Å². The lowest BCUT2D eigenvalue weighted by atomic mass is 10.0. The number of unbranched alkanes of at least 4 members (excludes halogenated alkanes) is 3. The van der Waals surface area contributed by atoms with Crippen molar-refractivity contribution in [2.45, 2.75) is 99.0 Å². The Balaban J connectivity index is 2.41. The molecule has 0 aromatic heterocycles. The molecule has 200 valence electrons. The summed E-state index contributed by atoms with van der Waals surface area (Å²) in [4.78, 5) is 0. The van der Waals surface area contributed by atoms with Crippen molar-refractivity contribution < 1.29 is 18.9 Å². The summed E-state index contributed by atoms with van der Waals surface area (Å²) >= 11 is 0. The zero-order valence-electron chi connectivity index (χ0n) is 23.7. The van der Waals surface area contributed by atoms with Gasteiger partial charge in [0.25, 0.3) is 0 Å². The first-order valence-corrected chi connectivity index (χ1v) is 13.9. The van der Waals surface area contributed by atoms with Crippen LogP contribution in [0.15, 0.2) is 24.3 Å². The van der Waals surface area contributed by atoms with Crippen molar-refractivity contribution in [2.75, 3.05) is 20.3 Å². The van der Waals surface area contributed by atoms with Crippen molar-refractivity contribution in [1.82, 2.24) is 0 Å². The van der Waals surface area contributed by atoms with Crippen molar-refractivity contribution in [3.63, 3.8) is 0 Å². The second-order valence-corrected chi connectivity index (χ2v) is 9.52. The van der Waals surface area contributed by atoms with Crippen LogP contribution in [0, 0.1) is 13.8 Å². The fraction of sp³-hybridized carbons (Fsp3) is 0.562. The summed E-state index contributed by atoms with van der Waals surface area (Å²) in [5.74, 6) is 3.43. The van der Waals surface area contributed by atoms with Crippen molar-refractivity contribution >= 4 is 12.2 Å². The summed E-state index contributed by atoms with van der Waals surface area (Å²) in [5.41, 5.74) is 4.17. The number of benzene rings is 2. The van der Waals surface area contributed by atoms with Gasteiger partial charge >= 0.3 is 0 Å². The molecule has 0 aliphatic rings. The van der Waals surface area contributed by atoms with Crippen molar-refractivity contribution in [2.24, 2.45) is 0 Å². The molecule has 2 aromatic rings. The summed E-state index contributed by atoms with van der Waals surface area (Å²) in [5, 5.41) is 0. The SMILES string of the molecule is CCCCOc1c(C)ccc(/C=C/c2cc(OC(CC)CCCC)c(C)cc2OC)c1OCCCC. The van der Waals surface area contributed by atoms with Gasteiger partial charge in [0.05, 0.1) is 26.4 Å². The highest BCUT2D eigenvalue weighted by Gasteiger charge is 2.15. The van der Waals surface area contributed by atoms with Crippen LogP contribution in [0.2, 0.25) is 0 Å². The molecule has 0 heterocycles. The van der Waals surface area contributed by atoms with Gasteiger partial charge in [-0.25, -0.2) is 0 Å². The number of hydrogen-bond donors (Lipinski definition) is 0. The Hall–Kier alpha value is -2.62. The second kappa shape index (κ2) is 16.2. The molecule has 1 unspecified atom stereocenters. The van der Waals surface area contributed by atoms with E-state index in [1.54, 1.807) is 7.11 Å². The molecule has 4 heteroatoms. The standard InChI is InChI=1S/C32H48O4/c1-8-12-15-28(11-4)36-29-23-27(30(33-7)22-25(29)6)19-18-26-17-16-24(5)31(34-20-13-9-2)32(26)35-21-14-10-3/h16-19,22-23,28H,8-15,20-21H2,1-7H3/b19-18+. The summed E-state index contributed by atoms with van der Waals surface area (Å²) in [6.45, 7) is 14.3. The third-order valence-electron chi connectivity index (χ3n) is 6.43. The third-order valence-corrected chi connectivity index (χ3v) is 6.43. The molecule has 0 fully saturated rings. The highest BCUT2D eigenvalue weighted by atomic mass is 16.5. The van der Waals surface area contributed by atoms with E-state index in [9.17, 15) is 0 Å². The van der Waals surface area contributed by atoms with Crippen LogP contribution in [-0.2, 0) is 0 Å². The number of rotatable bonds is 17. The molecule has 36 heavy (non-hydrogen) atoms. The van der Waals surface area contributed by atoms with E-state index in [4.69, 9.17) is 18.9 Å². The molecule has 4 nitrogen and oxygen atoms in total. The van der Waals surface area contributed by atoms with Gasteiger partial charge in [-0.15, -0.1) is 0 Å². The molecule has 0 spiro atoms. The predicted octanol–water partition coefficient (Wildman–Crippen LogP) is 9.19. The molecule has 2 aromatic carbocycles. The highest BCUT2D eigenvalue weighted by molar-refractivity contribution is 5.77. The first-order valence-electron chi connectivity index (χ1n) is 13.9. The molecular formula is C32H48O4. The van der Waals surface area contributed by atoms with Gasteiger partial charge in [-0.1, -0.05) is 77.7 Å². The Morgan fingerprint density at radius 2 is 1.36 bits per heavy atom. The van der Waals surface area contributed by atoms with E-state index in [1.807, 2.05) is 0 Å². The van der Waals surface area contributed by atoms with E-state index in [1.165, 1.54) is 12.8 Å². The van der Waals surface area contributed by atoms with Crippen LogP contribution in [0.5, 0.6) is 23.0 Å². The normalized spacial score (nSPS) is 12.1. The average molecular weight is 497 g/mol. The monoisotopic (exact) mass is 496 g/mol. The maximum absolute atomic E-state index is 6.43. The minimum Gasteiger partial charge on any atom is -0.496 e. The highest BCUT2D eigenvalue weighted by Crippen LogP contribution is 2.37. The van der Waals surface area contributed by atoms with E-state index in [2.05, 4.69) is 78.0 Å². The van der Waals surface area contributed by atoms with Gasteiger partial charge < -0.3 is 18.9 Å². The second-order valence-electron chi connectivity index (χ2n) is 9.52. The van der Waals surface area contributed by atoms with Crippen molar-refractivity contribution in [3.8, 4) is 23.0 Å². The molecule has 0 bridgehead atoms. The smallest absolute Gasteiger partial charge is 0.168 e. The van der Waals surface area contributed by atoms with Gasteiger partial charge in [-0.05, 0) is 62.8 Å². The summed E-state index contributed by atoms with van der Waals surface area (Å²) < 4.78 is 24.6. The molecule has 0 saturated carbocycles. The fourth-order valence-electron chi connectivity index (χ4n) is 4.02. The van der Waals surface area contributed by atoms with Crippen LogP contribution in [-0.4, -0.2) is 26.4 Å². The molecule has 0 saturated heterocycles. The van der Waals surface area contributed by atoms with Crippen LogP contribution in [0.4, 0.5) is 0 Å². The van der Waals surface area contributed by atoms with E-state index in [-0.39, 0.29) is 6.10 Å². The van der Waals surface area contributed by atoms with Gasteiger partial charge in [-0.3, -0.25) is 0 Å². The van der Waals surface area contributed by atoms with Gasteiger partial charge in [0.1, 0.15) is 11.5 Å². The van der Waals surface area contributed by atoms with E-state index in [0.29, 0.717) is 13.2 Å². The quantitative estimate of drug-likeness (QED) is 0.162. The maximum Gasteiger partial charge on any atom is 0.168 e. The molecule has 0 aliphatic carbocycles. The number of methoxy groups -OCH3 is 1. The molecule has 0 radical (unpaired) electrons. The van der Waals surface area contributed by atoms with E-state index in [0.717, 1.165) is 83.8 Å². The Morgan fingerprint density at radius 1 is 0.722 bits per heavy atom. The molecule has 0 N–H and O–H groups in total. The predicted molar refractivity (Wildman–Crippen MR) is 153 cm³/mol. The Bertz CT molecular complexity index is 948. The Kier molecular flexibility index (Phi) is 13.3. The van der Waals surface area contributed by atoms with Crippen molar-refractivity contribution in [1.29, 1.82) is 0 Å². The lowest BCUT2D eigenvalue weighted by Crippen LogP contribution is -2.15. The topological polar surface area (TPSA) is 36.9 Å². The molecule has 0 amide bonds. The van der Waals surface area contributed by atoms with Crippen LogP contribution in [0.3, 0.4) is 0 Å². The zero-order chi connectivity index (χ0) is 26.3. The summed E-state index contributed by atoms with van der Waals surface area (Å²) in [6.07, 6.45) is 13.1. The van der Waals surface area contributed by atoms with E-state index >= 15 is 0 Å². The van der Waals surface area contributed by atoms with Gasteiger partial charge in [0.15, 0.2) is 11.5 Å². The van der Waals surface area contributed by atoms with Crippen molar-refractivity contribution in [3.05, 3.63) is 46.5 Å². The molecule has 1 atom stereocenters. The summed E-state index contributed by atoms with van der Waals surface area (Å²) in [6, 6.07) is 8.38. The van der Waals surface area contributed by atoms with Gasteiger partial charge in [-0.2, -0.15) is 0 Å². The first kappa shape index (κ1) is 29.6. The van der Waals surface area contributed by atoms with Crippen LogP contribution >= 0.6 is 0 Å². The largest absolute Gasteiger partial charge is 0.496 e. The zero-order valence-corrected chi connectivity index (χ0v) is 23.7. The Morgan fingerprint density at radius 3 is 1.97 bits per heavy atom. The molecular weight excluding hydrogens is 448 g/mol. The number of hydrogen-bond acceptors (Lipinski definition) is 4. The van der Waals surface area contributed by atoms with Gasteiger partial charge in [0.2, 0.25) is 0 Å². The number of ether oxygens (including phenoxy) is 4. The first-order chi connectivity index (χ1) is 17.5.